The van der Waals surface area contributed by atoms with Crippen LogP contribution in [0.25, 0.3) is 0 Å². The van der Waals surface area contributed by atoms with Gasteiger partial charge < -0.3 is 4.74 Å². The topological polar surface area (TPSA) is 9.23 Å². The van der Waals surface area contributed by atoms with Gasteiger partial charge in [-0.25, -0.2) is 0 Å². The van der Waals surface area contributed by atoms with E-state index in [2.05, 4.69) is 72.7 Å². The SMILES string of the molecule is COc1c2cc(C(C)(C)C)cc1CCCc1cc(C(C)(C)C)cc(c1C)CCC2. The maximum Gasteiger partial charge on any atom is 0.125 e. The van der Waals surface area contributed by atoms with Crippen molar-refractivity contribution in [1.82, 2.24) is 0 Å². The molecule has 2 aromatic rings. The lowest BCUT2D eigenvalue weighted by Crippen LogP contribution is -2.15. The number of hydrogen-bond donors (Lipinski definition) is 0. The lowest BCUT2D eigenvalue weighted by Gasteiger charge is -2.25. The smallest absolute Gasteiger partial charge is 0.125 e. The number of hydrogen-bond acceptors (Lipinski definition) is 1. The highest BCUT2D eigenvalue weighted by Crippen LogP contribution is 2.35. The molecule has 158 valence electrons. The summed E-state index contributed by atoms with van der Waals surface area (Å²) in [5.74, 6) is 1.13. The molecular formula is C28H40O. The lowest BCUT2D eigenvalue weighted by atomic mass is 9.80. The predicted octanol–water partition coefficient (Wildman–Crippen LogP) is 7.26. The van der Waals surface area contributed by atoms with E-state index >= 15 is 0 Å². The fraction of sp³-hybridized carbons (Fsp3) is 0.571. The summed E-state index contributed by atoms with van der Waals surface area (Å²) in [6.07, 6.45) is 6.76. The first kappa shape index (κ1) is 21.9. The Kier molecular flexibility index (Phi) is 6.18. The quantitative estimate of drug-likeness (QED) is 0.496. The van der Waals surface area contributed by atoms with Gasteiger partial charge in [0.15, 0.2) is 0 Å². The van der Waals surface area contributed by atoms with Crippen molar-refractivity contribution in [3.63, 3.8) is 0 Å². The van der Waals surface area contributed by atoms with E-state index in [1.165, 1.54) is 27.8 Å². The molecule has 1 heteroatoms. The number of ether oxygens (including phenoxy) is 1. The van der Waals surface area contributed by atoms with E-state index < -0.39 is 0 Å². The molecule has 2 aromatic carbocycles. The minimum atomic E-state index is 0.162. The third-order valence-electron chi connectivity index (χ3n) is 6.59. The maximum absolute atomic E-state index is 5.93. The highest BCUT2D eigenvalue weighted by molar-refractivity contribution is 5.48. The fourth-order valence-corrected chi connectivity index (χ4v) is 4.55. The second-order valence-corrected chi connectivity index (χ2v) is 11.0. The molecule has 0 atom stereocenters. The minimum Gasteiger partial charge on any atom is -0.496 e. The second-order valence-electron chi connectivity index (χ2n) is 11.0. The highest BCUT2D eigenvalue weighted by Gasteiger charge is 2.21. The first-order valence-corrected chi connectivity index (χ1v) is 11.3. The van der Waals surface area contributed by atoms with E-state index in [-0.39, 0.29) is 10.8 Å². The summed E-state index contributed by atoms with van der Waals surface area (Å²) < 4.78 is 5.93. The lowest BCUT2D eigenvalue weighted by molar-refractivity contribution is 0.402. The van der Waals surface area contributed by atoms with Crippen molar-refractivity contribution in [2.75, 3.05) is 7.11 Å². The van der Waals surface area contributed by atoms with E-state index in [1.54, 1.807) is 11.1 Å². The molecule has 4 bridgehead atoms. The average Bonchev–Trinajstić information content (AvgIpc) is 2.61. The van der Waals surface area contributed by atoms with Gasteiger partial charge in [-0.05, 0) is 95.2 Å². The van der Waals surface area contributed by atoms with E-state index in [0.717, 1.165) is 44.3 Å². The molecule has 0 amide bonds. The summed E-state index contributed by atoms with van der Waals surface area (Å²) in [5.41, 5.74) is 10.7. The van der Waals surface area contributed by atoms with Gasteiger partial charge in [0.25, 0.3) is 0 Å². The summed E-state index contributed by atoms with van der Waals surface area (Å²) in [6.45, 7) is 16.3. The third kappa shape index (κ3) is 4.87. The molecule has 0 heterocycles. The molecule has 0 saturated carbocycles. The third-order valence-corrected chi connectivity index (χ3v) is 6.59. The van der Waals surface area contributed by atoms with Crippen molar-refractivity contribution in [1.29, 1.82) is 0 Å². The van der Waals surface area contributed by atoms with Gasteiger partial charge in [0.1, 0.15) is 5.75 Å². The van der Waals surface area contributed by atoms with Crippen LogP contribution in [-0.2, 0) is 36.5 Å². The van der Waals surface area contributed by atoms with E-state index in [0.29, 0.717) is 0 Å². The number of methoxy groups -OCH3 is 1. The van der Waals surface area contributed by atoms with Gasteiger partial charge >= 0.3 is 0 Å². The molecule has 3 rings (SSSR count). The van der Waals surface area contributed by atoms with Gasteiger partial charge in [0.2, 0.25) is 0 Å². The number of aryl methyl sites for hydroxylation is 4. The zero-order chi connectivity index (χ0) is 21.4. The van der Waals surface area contributed by atoms with Crippen LogP contribution in [0.5, 0.6) is 5.75 Å². The number of fused-ring (bicyclic) bond motifs is 4. The van der Waals surface area contributed by atoms with Crippen LogP contribution in [0.4, 0.5) is 0 Å². The van der Waals surface area contributed by atoms with Crippen LogP contribution >= 0.6 is 0 Å². The average molecular weight is 393 g/mol. The Bertz CT molecular complexity index is 822. The van der Waals surface area contributed by atoms with Gasteiger partial charge in [-0.2, -0.15) is 0 Å². The van der Waals surface area contributed by atoms with Gasteiger partial charge in [0, 0.05) is 0 Å². The molecule has 0 N–H and O–H groups in total. The highest BCUT2D eigenvalue weighted by atomic mass is 16.5. The van der Waals surface area contributed by atoms with Crippen LogP contribution in [0.3, 0.4) is 0 Å². The zero-order valence-corrected chi connectivity index (χ0v) is 20.0. The summed E-state index contributed by atoms with van der Waals surface area (Å²) in [4.78, 5) is 0. The molecule has 0 saturated heterocycles. The monoisotopic (exact) mass is 392 g/mol. The molecule has 0 unspecified atom stereocenters. The van der Waals surface area contributed by atoms with Crippen LogP contribution in [0.2, 0.25) is 0 Å². The standard InChI is InChI=1S/C28H40O/c1-19-20-11-9-13-22-17-25(28(5,6)7)18-23(26(22)29-8)14-10-12-21(19)16-24(15-20)27(2,3)4/h15-18H,9-14H2,1-8H3. The number of benzene rings is 2. The van der Waals surface area contributed by atoms with Gasteiger partial charge in [-0.15, -0.1) is 0 Å². The predicted molar refractivity (Wildman–Crippen MR) is 126 cm³/mol. The molecule has 0 spiro atoms. The summed E-state index contributed by atoms with van der Waals surface area (Å²) in [7, 11) is 1.84. The van der Waals surface area contributed by atoms with E-state index in [9.17, 15) is 0 Å². The van der Waals surface area contributed by atoms with Crippen LogP contribution in [0.15, 0.2) is 24.3 Å². The number of rotatable bonds is 1. The van der Waals surface area contributed by atoms with Crippen molar-refractivity contribution in [2.45, 2.75) is 97.8 Å². The Balaban J connectivity index is 2.03. The van der Waals surface area contributed by atoms with Crippen LogP contribution in [0.1, 0.15) is 93.3 Å². The molecule has 1 aliphatic carbocycles. The Morgan fingerprint density at radius 1 is 0.621 bits per heavy atom. The Morgan fingerprint density at radius 2 is 0.966 bits per heavy atom. The molecule has 1 nitrogen and oxygen atoms in total. The normalized spacial score (nSPS) is 15.4. The van der Waals surface area contributed by atoms with Crippen molar-refractivity contribution >= 4 is 0 Å². The van der Waals surface area contributed by atoms with Crippen LogP contribution < -0.4 is 4.74 Å². The van der Waals surface area contributed by atoms with Crippen LogP contribution in [0, 0.1) is 6.92 Å². The van der Waals surface area contributed by atoms with Gasteiger partial charge in [-0.1, -0.05) is 65.8 Å². The second kappa shape index (κ2) is 8.17. The Hall–Kier alpha value is -1.76. The molecule has 29 heavy (non-hydrogen) atoms. The van der Waals surface area contributed by atoms with Crippen molar-refractivity contribution in [2.24, 2.45) is 0 Å². The van der Waals surface area contributed by atoms with Crippen LogP contribution in [-0.4, -0.2) is 7.11 Å². The first-order valence-electron chi connectivity index (χ1n) is 11.3. The van der Waals surface area contributed by atoms with E-state index in [4.69, 9.17) is 4.74 Å². The largest absolute Gasteiger partial charge is 0.496 e. The molecular weight excluding hydrogens is 352 g/mol. The first-order chi connectivity index (χ1) is 13.5. The maximum atomic E-state index is 5.93. The zero-order valence-electron chi connectivity index (χ0n) is 20.0. The summed E-state index contributed by atoms with van der Waals surface area (Å²) in [5, 5.41) is 0. The van der Waals surface area contributed by atoms with Crippen molar-refractivity contribution in [3.05, 3.63) is 63.2 Å². The summed E-state index contributed by atoms with van der Waals surface area (Å²) >= 11 is 0. The van der Waals surface area contributed by atoms with Gasteiger partial charge in [-0.3, -0.25) is 0 Å². The minimum absolute atomic E-state index is 0.162. The molecule has 0 aliphatic heterocycles. The van der Waals surface area contributed by atoms with Crippen molar-refractivity contribution < 1.29 is 4.74 Å². The molecule has 0 fully saturated rings. The molecule has 0 radical (unpaired) electrons. The Labute approximate surface area is 178 Å². The van der Waals surface area contributed by atoms with Crippen molar-refractivity contribution in [3.8, 4) is 5.75 Å². The molecule has 0 aromatic heterocycles. The van der Waals surface area contributed by atoms with E-state index in [1.807, 2.05) is 7.11 Å². The van der Waals surface area contributed by atoms with Gasteiger partial charge in [0.05, 0.1) is 7.11 Å². The fourth-order valence-electron chi connectivity index (χ4n) is 4.55. The summed E-state index contributed by atoms with van der Waals surface area (Å²) in [6, 6.07) is 9.74. The Morgan fingerprint density at radius 3 is 1.31 bits per heavy atom. The molecule has 1 aliphatic rings.